The third-order valence-electron chi connectivity index (χ3n) is 5.28. The summed E-state index contributed by atoms with van der Waals surface area (Å²) in [5, 5.41) is 2.66. The van der Waals surface area contributed by atoms with Crippen LogP contribution in [0.15, 0.2) is 65.6 Å². The molecule has 0 fully saturated rings. The van der Waals surface area contributed by atoms with Crippen molar-refractivity contribution in [3.63, 3.8) is 0 Å². The van der Waals surface area contributed by atoms with E-state index in [1.54, 1.807) is 37.3 Å². The highest BCUT2D eigenvalue weighted by Gasteiger charge is 2.27. The summed E-state index contributed by atoms with van der Waals surface area (Å²) in [7, 11) is -2.51. The van der Waals surface area contributed by atoms with Crippen molar-refractivity contribution >= 4 is 37.7 Å². The quantitative estimate of drug-likeness (QED) is 0.472. The number of benzene rings is 3. The molecule has 1 aromatic heterocycles. The lowest BCUT2D eigenvalue weighted by atomic mass is 10.0. The molecule has 0 aliphatic carbocycles. The second kappa shape index (κ2) is 7.04. The topological polar surface area (TPSA) is 65.4 Å². The molecule has 148 valence electrons. The number of carbonyl (C=O) groups excluding carboxylic acids is 1. The Kier molecular flexibility index (Phi) is 4.67. The Balaban J connectivity index is 2.10. The molecule has 0 spiro atoms. The fourth-order valence-corrected chi connectivity index (χ4v) is 5.36. The Morgan fingerprint density at radius 1 is 0.966 bits per heavy atom. The van der Waals surface area contributed by atoms with Gasteiger partial charge >= 0.3 is 5.97 Å². The van der Waals surface area contributed by atoms with Crippen LogP contribution < -0.4 is 0 Å². The van der Waals surface area contributed by atoms with Gasteiger partial charge in [-0.25, -0.2) is 12.4 Å². The van der Waals surface area contributed by atoms with E-state index in [-0.39, 0.29) is 11.3 Å². The minimum Gasteiger partial charge on any atom is -0.469 e. The Hall–Kier alpha value is -3.12. The molecule has 0 amide bonds. The van der Waals surface area contributed by atoms with Gasteiger partial charge in [0.2, 0.25) is 0 Å². The van der Waals surface area contributed by atoms with Crippen LogP contribution in [-0.4, -0.2) is 25.5 Å². The normalized spacial score (nSPS) is 11.8. The van der Waals surface area contributed by atoms with E-state index in [1.807, 2.05) is 37.3 Å². The monoisotopic (exact) mass is 407 g/mol. The Bertz CT molecular complexity index is 1350. The summed E-state index contributed by atoms with van der Waals surface area (Å²) in [5.41, 5.74) is 2.72. The van der Waals surface area contributed by atoms with Crippen LogP contribution in [0.4, 0.5) is 0 Å². The van der Waals surface area contributed by atoms with Crippen molar-refractivity contribution in [2.75, 3.05) is 7.11 Å². The number of hydrogen-bond donors (Lipinski definition) is 0. The summed E-state index contributed by atoms with van der Waals surface area (Å²) in [6.45, 7) is 3.64. The van der Waals surface area contributed by atoms with Gasteiger partial charge < -0.3 is 4.74 Å². The summed E-state index contributed by atoms with van der Waals surface area (Å²) in [6.07, 6.45) is 0.00323. The van der Waals surface area contributed by atoms with E-state index < -0.39 is 16.0 Å². The molecule has 0 radical (unpaired) electrons. The number of hydrogen-bond acceptors (Lipinski definition) is 4. The molecule has 1 heterocycles. The van der Waals surface area contributed by atoms with E-state index in [2.05, 4.69) is 0 Å². The van der Waals surface area contributed by atoms with E-state index in [1.165, 1.54) is 11.1 Å². The molecule has 6 heteroatoms. The molecule has 29 heavy (non-hydrogen) atoms. The van der Waals surface area contributed by atoms with Crippen molar-refractivity contribution in [3.8, 4) is 0 Å². The van der Waals surface area contributed by atoms with Crippen molar-refractivity contribution < 1.29 is 17.9 Å². The van der Waals surface area contributed by atoms with Gasteiger partial charge in [0.1, 0.15) is 0 Å². The Morgan fingerprint density at radius 3 is 2.34 bits per heavy atom. The van der Waals surface area contributed by atoms with E-state index in [9.17, 15) is 13.2 Å². The molecule has 0 bridgehead atoms. The standard InChI is InChI=1S/C23H21NO4S/c1-15-8-11-18(12-9-15)29(26,27)24-16(2)20(14-22(25)28-3)23-19-7-5-4-6-17(19)10-13-21(23)24/h4-13H,14H2,1-3H3. The van der Waals surface area contributed by atoms with Crippen LogP contribution >= 0.6 is 0 Å². The maximum atomic E-state index is 13.5. The second-order valence-corrected chi connectivity index (χ2v) is 8.87. The number of esters is 1. The zero-order chi connectivity index (χ0) is 20.8. The summed E-state index contributed by atoms with van der Waals surface area (Å²) in [5.74, 6) is -0.409. The van der Waals surface area contributed by atoms with Crippen molar-refractivity contribution in [2.45, 2.75) is 25.2 Å². The third-order valence-corrected chi connectivity index (χ3v) is 7.10. The summed E-state index contributed by atoms with van der Waals surface area (Å²) < 4.78 is 33.3. The maximum Gasteiger partial charge on any atom is 0.310 e. The minimum atomic E-state index is -3.84. The molecule has 0 aliphatic rings. The first-order valence-corrected chi connectivity index (χ1v) is 10.7. The number of aryl methyl sites for hydroxylation is 1. The van der Waals surface area contributed by atoms with Gasteiger partial charge in [-0.2, -0.15) is 0 Å². The number of nitrogens with zero attached hydrogens (tertiary/aromatic N) is 1. The Labute approximate surface area is 169 Å². The molecule has 5 nitrogen and oxygen atoms in total. The van der Waals surface area contributed by atoms with Gasteiger partial charge in [0, 0.05) is 11.1 Å². The molecular formula is C23H21NO4S. The summed E-state index contributed by atoms with van der Waals surface area (Å²) in [4.78, 5) is 12.3. The van der Waals surface area contributed by atoms with Gasteiger partial charge in [-0.15, -0.1) is 0 Å². The first kappa shape index (κ1) is 19.2. The van der Waals surface area contributed by atoms with Crippen LogP contribution in [0.2, 0.25) is 0 Å². The predicted octanol–water partition coefficient (Wildman–Crippen LogP) is 4.36. The largest absolute Gasteiger partial charge is 0.469 e. The van der Waals surface area contributed by atoms with Gasteiger partial charge in [0.25, 0.3) is 10.0 Å². The molecule has 0 saturated heterocycles. The lowest BCUT2D eigenvalue weighted by Crippen LogP contribution is -2.15. The minimum absolute atomic E-state index is 0.00323. The fraction of sp³-hybridized carbons (Fsp3) is 0.174. The molecule has 4 aromatic rings. The lowest BCUT2D eigenvalue weighted by molar-refractivity contribution is -0.139. The van der Waals surface area contributed by atoms with Crippen molar-refractivity contribution in [1.82, 2.24) is 3.97 Å². The van der Waals surface area contributed by atoms with E-state index in [0.717, 1.165) is 21.7 Å². The summed E-state index contributed by atoms with van der Waals surface area (Å²) >= 11 is 0. The molecule has 0 saturated carbocycles. The van der Waals surface area contributed by atoms with E-state index in [0.29, 0.717) is 16.8 Å². The highest BCUT2D eigenvalue weighted by atomic mass is 32.2. The first-order chi connectivity index (χ1) is 13.8. The van der Waals surface area contributed by atoms with Gasteiger partial charge in [-0.3, -0.25) is 4.79 Å². The smallest absolute Gasteiger partial charge is 0.310 e. The third kappa shape index (κ3) is 3.09. The average Bonchev–Trinajstić information content (AvgIpc) is 3.00. The van der Waals surface area contributed by atoms with Crippen molar-refractivity contribution in [2.24, 2.45) is 0 Å². The number of ether oxygens (including phenoxy) is 1. The lowest BCUT2D eigenvalue weighted by Gasteiger charge is -2.11. The van der Waals surface area contributed by atoms with Crippen molar-refractivity contribution in [3.05, 3.63) is 77.5 Å². The number of rotatable bonds is 4. The van der Waals surface area contributed by atoms with Gasteiger partial charge in [0.05, 0.1) is 23.9 Å². The molecule has 0 unspecified atom stereocenters. The molecule has 3 aromatic carbocycles. The highest BCUT2D eigenvalue weighted by Crippen LogP contribution is 2.35. The number of aromatic nitrogens is 1. The molecule has 0 atom stereocenters. The van der Waals surface area contributed by atoms with Crippen LogP contribution in [0, 0.1) is 13.8 Å². The molecule has 0 aliphatic heterocycles. The predicted molar refractivity (Wildman–Crippen MR) is 114 cm³/mol. The second-order valence-electron chi connectivity index (χ2n) is 7.08. The van der Waals surface area contributed by atoms with Gasteiger partial charge in [-0.05, 0) is 48.4 Å². The van der Waals surface area contributed by atoms with Gasteiger partial charge in [0.15, 0.2) is 0 Å². The van der Waals surface area contributed by atoms with Crippen LogP contribution in [-0.2, 0) is 26.0 Å². The number of methoxy groups -OCH3 is 1. The van der Waals surface area contributed by atoms with Crippen LogP contribution in [0.25, 0.3) is 21.7 Å². The molecular weight excluding hydrogens is 386 g/mol. The highest BCUT2D eigenvalue weighted by molar-refractivity contribution is 7.90. The van der Waals surface area contributed by atoms with Crippen molar-refractivity contribution in [1.29, 1.82) is 0 Å². The number of carbonyl (C=O) groups is 1. The van der Waals surface area contributed by atoms with Crippen LogP contribution in [0.1, 0.15) is 16.8 Å². The van der Waals surface area contributed by atoms with Crippen LogP contribution in [0.5, 0.6) is 0 Å². The van der Waals surface area contributed by atoms with E-state index >= 15 is 0 Å². The van der Waals surface area contributed by atoms with Crippen LogP contribution in [0.3, 0.4) is 0 Å². The summed E-state index contributed by atoms with van der Waals surface area (Å²) in [6, 6.07) is 18.2. The number of fused-ring (bicyclic) bond motifs is 3. The average molecular weight is 407 g/mol. The molecule has 4 rings (SSSR count). The first-order valence-electron chi connectivity index (χ1n) is 9.25. The maximum absolute atomic E-state index is 13.5. The zero-order valence-electron chi connectivity index (χ0n) is 16.5. The zero-order valence-corrected chi connectivity index (χ0v) is 17.3. The molecule has 0 N–H and O–H groups in total. The van der Waals surface area contributed by atoms with Gasteiger partial charge in [-0.1, -0.05) is 48.0 Å². The Morgan fingerprint density at radius 2 is 1.66 bits per heavy atom. The fourth-order valence-electron chi connectivity index (χ4n) is 3.79. The van der Waals surface area contributed by atoms with E-state index in [4.69, 9.17) is 4.74 Å². The SMILES string of the molecule is COC(=O)Cc1c(C)n(S(=O)(=O)c2ccc(C)cc2)c2ccc3ccccc3c12.